The van der Waals surface area contributed by atoms with Gasteiger partial charge in [-0.15, -0.1) is 11.3 Å². The number of hydrogen-bond donors (Lipinski definition) is 2. The summed E-state index contributed by atoms with van der Waals surface area (Å²) in [6.45, 7) is 3.97. The van der Waals surface area contributed by atoms with Gasteiger partial charge in [-0.05, 0) is 31.5 Å². The van der Waals surface area contributed by atoms with E-state index in [1.165, 1.54) is 11.8 Å². The standard InChI is InChI=1S/C12H13N3OS2/c1-7-3-4-9(11(13)15-16)10(5-7)18-12-14-8(2)6-17-12/h3-6,16H,1-2H3,(H2,13,15). The van der Waals surface area contributed by atoms with Gasteiger partial charge in [-0.25, -0.2) is 4.98 Å². The molecule has 0 bridgehead atoms. The summed E-state index contributed by atoms with van der Waals surface area (Å²) in [7, 11) is 0. The first-order valence-corrected chi connectivity index (χ1v) is 6.98. The molecule has 6 heteroatoms. The molecule has 0 unspecified atom stereocenters. The number of aryl methyl sites for hydroxylation is 2. The molecule has 0 fully saturated rings. The van der Waals surface area contributed by atoms with Crippen LogP contribution in [0.2, 0.25) is 0 Å². The Morgan fingerprint density at radius 3 is 2.83 bits per heavy atom. The molecule has 18 heavy (non-hydrogen) atoms. The van der Waals surface area contributed by atoms with Crippen LogP contribution < -0.4 is 5.73 Å². The summed E-state index contributed by atoms with van der Waals surface area (Å²) in [5.74, 6) is 0.116. The number of oxime groups is 1. The summed E-state index contributed by atoms with van der Waals surface area (Å²) in [5.41, 5.74) is 8.52. The zero-order valence-electron chi connectivity index (χ0n) is 10.0. The van der Waals surface area contributed by atoms with Gasteiger partial charge in [0.25, 0.3) is 0 Å². The molecule has 1 aromatic carbocycles. The highest BCUT2D eigenvalue weighted by Crippen LogP contribution is 2.33. The van der Waals surface area contributed by atoms with E-state index in [0.29, 0.717) is 0 Å². The van der Waals surface area contributed by atoms with E-state index in [1.54, 1.807) is 11.3 Å². The Kier molecular flexibility index (Phi) is 3.88. The third-order valence-electron chi connectivity index (χ3n) is 2.32. The maximum atomic E-state index is 8.79. The normalized spacial score (nSPS) is 11.8. The Morgan fingerprint density at radius 1 is 1.44 bits per heavy atom. The molecular formula is C12H13N3OS2. The van der Waals surface area contributed by atoms with Crippen molar-refractivity contribution in [2.75, 3.05) is 0 Å². The van der Waals surface area contributed by atoms with E-state index >= 15 is 0 Å². The van der Waals surface area contributed by atoms with E-state index in [2.05, 4.69) is 10.1 Å². The maximum absolute atomic E-state index is 8.79. The van der Waals surface area contributed by atoms with E-state index in [1.807, 2.05) is 37.4 Å². The first-order valence-electron chi connectivity index (χ1n) is 5.28. The SMILES string of the molecule is Cc1ccc(C(N)=NO)c(Sc2nc(C)cs2)c1. The lowest BCUT2D eigenvalue weighted by molar-refractivity contribution is 0.318. The predicted octanol–water partition coefficient (Wildman–Crippen LogP) is 3.01. The van der Waals surface area contributed by atoms with Crippen LogP contribution in [0.1, 0.15) is 16.8 Å². The molecule has 0 aliphatic rings. The van der Waals surface area contributed by atoms with Gasteiger partial charge in [0.2, 0.25) is 0 Å². The van der Waals surface area contributed by atoms with Crippen molar-refractivity contribution in [2.45, 2.75) is 23.1 Å². The van der Waals surface area contributed by atoms with Gasteiger partial charge >= 0.3 is 0 Å². The number of amidine groups is 1. The molecule has 0 saturated carbocycles. The zero-order chi connectivity index (χ0) is 13.1. The predicted molar refractivity (Wildman–Crippen MR) is 74.7 cm³/mol. The first kappa shape index (κ1) is 12.9. The smallest absolute Gasteiger partial charge is 0.171 e. The van der Waals surface area contributed by atoms with Crippen LogP contribution in [-0.2, 0) is 0 Å². The molecule has 0 spiro atoms. The average Bonchev–Trinajstić information content (AvgIpc) is 2.74. The molecule has 2 aromatic rings. The molecule has 0 saturated heterocycles. The third kappa shape index (κ3) is 2.83. The van der Waals surface area contributed by atoms with Crippen molar-refractivity contribution >= 4 is 28.9 Å². The van der Waals surface area contributed by atoms with Crippen LogP contribution in [0.4, 0.5) is 0 Å². The summed E-state index contributed by atoms with van der Waals surface area (Å²) in [6.07, 6.45) is 0. The van der Waals surface area contributed by atoms with E-state index in [4.69, 9.17) is 10.9 Å². The fraction of sp³-hybridized carbons (Fsp3) is 0.167. The van der Waals surface area contributed by atoms with Crippen molar-refractivity contribution in [1.29, 1.82) is 0 Å². The Bertz CT molecular complexity index is 593. The van der Waals surface area contributed by atoms with Crippen molar-refractivity contribution in [3.05, 3.63) is 40.4 Å². The quantitative estimate of drug-likeness (QED) is 0.392. The monoisotopic (exact) mass is 279 g/mol. The van der Waals surface area contributed by atoms with Crippen LogP contribution in [-0.4, -0.2) is 16.0 Å². The van der Waals surface area contributed by atoms with Crippen LogP contribution in [0.15, 0.2) is 38.0 Å². The molecule has 2 rings (SSSR count). The minimum absolute atomic E-state index is 0.116. The number of thiazole rings is 1. The lowest BCUT2D eigenvalue weighted by Crippen LogP contribution is -2.14. The van der Waals surface area contributed by atoms with Gasteiger partial charge in [0.1, 0.15) is 0 Å². The first-order chi connectivity index (χ1) is 8.60. The highest BCUT2D eigenvalue weighted by atomic mass is 32.2. The number of nitrogens with zero attached hydrogens (tertiary/aromatic N) is 2. The molecule has 94 valence electrons. The highest BCUT2D eigenvalue weighted by molar-refractivity contribution is 8.01. The van der Waals surface area contributed by atoms with E-state index < -0.39 is 0 Å². The Morgan fingerprint density at radius 2 is 2.22 bits per heavy atom. The van der Waals surface area contributed by atoms with E-state index in [9.17, 15) is 0 Å². The number of benzene rings is 1. The minimum atomic E-state index is 0.116. The van der Waals surface area contributed by atoms with Crippen molar-refractivity contribution < 1.29 is 5.21 Å². The molecule has 0 radical (unpaired) electrons. The van der Waals surface area contributed by atoms with Gasteiger partial charge in [0.05, 0.1) is 0 Å². The zero-order valence-corrected chi connectivity index (χ0v) is 11.7. The molecule has 0 aliphatic carbocycles. The van der Waals surface area contributed by atoms with Gasteiger partial charge in [0.15, 0.2) is 10.2 Å². The van der Waals surface area contributed by atoms with Crippen LogP contribution in [0.5, 0.6) is 0 Å². The van der Waals surface area contributed by atoms with Crippen molar-refractivity contribution in [3.63, 3.8) is 0 Å². The van der Waals surface area contributed by atoms with Gasteiger partial charge in [-0.3, -0.25) is 0 Å². The number of aromatic nitrogens is 1. The van der Waals surface area contributed by atoms with Crippen LogP contribution >= 0.6 is 23.1 Å². The van der Waals surface area contributed by atoms with Gasteiger partial charge < -0.3 is 10.9 Å². The molecule has 0 aliphatic heterocycles. The second kappa shape index (κ2) is 5.41. The van der Waals surface area contributed by atoms with Crippen molar-refractivity contribution in [1.82, 2.24) is 4.98 Å². The summed E-state index contributed by atoms with van der Waals surface area (Å²) in [6, 6.07) is 5.80. The maximum Gasteiger partial charge on any atom is 0.171 e. The Labute approximate surface area is 114 Å². The minimum Gasteiger partial charge on any atom is -0.409 e. The summed E-state index contributed by atoms with van der Waals surface area (Å²) < 4.78 is 0.949. The Hall–Kier alpha value is -1.53. The lowest BCUT2D eigenvalue weighted by atomic mass is 10.1. The highest BCUT2D eigenvalue weighted by Gasteiger charge is 2.10. The summed E-state index contributed by atoms with van der Waals surface area (Å²) in [4.78, 5) is 5.34. The van der Waals surface area contributed by atoms with Gasteiger partial charge in [0, 0.05) is 21.5 Å². The second-order valence-corrected chi connectivity index (χ2v) is 5.99. The lowest BCUT2D eigenvalue weighted by Gasteiger charge is -2.07. The summed E-state index contributed by atoms with van der Waals surface area (Å²) >= 11 is 3.12. The van der Waals surface area contributed by atoms with Gasteiger partial charge in [-0.1, -0.05) is 23.0 Å². The average molecular weight is 279 g/mol. The third-order valence-corrected chi connectivity index (χ3v) is 4.43. The summed E-state index contributed by atoms with van der Waals surface area (Å²) in [5, 5.41) is 13.9. The number of rotatable bonds is 3. The molecule has 3 N–H and O–H groups in total. The van der Waals surface area contributed by atoms with E-state index in [-0.39, 0.29) is 5.84 Å². The van der Waals surface area contributed by atoms with E-state index in [0.717, 1.165) is 26.1 Å². The Balaban J connectivity index is 2.39. The van der Waals surface area contributed by atoms with Crippen LogP contribution in [0, 0.1) is 13.8 Å². The number of hydrogen-bond acceptors (Lipinski definition) is 5. The molecule has 1 heterocycles. The second-order valence-electron chi connectivity index (χ2n) is 3.84. The molecule has 0 atom stereocenters. The molecule has 1 aromatic heterocycles. The fourth-order valence-electron chi connectivity index (χ4n) is 1.45. The van der Waals surface area contributed by atoms with Crippen molar-refractivity contribution in [2.24, 2.45) is 10.9 Å². The van der Waals surface area contributed by atoms with Crippen molar-refractivity contribution in [3.8, 4) is 0 Å². The fourth-order valence-corrected chi connectivity index (χ4v) is 3.48. The largest absolute Gasteiger partial charge is 0.409 e. The van der Waals surface area contributed by atoms with Crippen LogP contribution in [0.3, 0.4) is 0 Å². The van der Waals surface area contributed by atoms with Crippen LogP contribution in [0.25, 0.3) is 0 Å². The molecule has 4 nitrogen and oxygen atoms in total. The molecular weight excluding hydrogens is 266 g/mol. The number of nitrogens with two attached hydrogens (primary N) is 1. The molecule has 0 amide bonds. The van der Waals surface area contributed by atoms with Gasteiger partial charge in [-0.2, -0.15) is 0 Å². The topological polar surface area (TPSA) is 71.5 Å².